The van der Waals surface area contributed by atoms with Crippen LogP contribution in [0.1, 0.15) is 39.5 Å². The summed E-state index contributed by atoms with van der Waals surface area (Å²) in [5.41, 5.74) is 0. The van der Waals surface area contributed by atoms with Crippen molar-refractivity contribution < 1.29 is 9.53 Å². The Morgan fingerprint density at radius 1 is 1.42 bits per heavy atom. The van der Waals surface area contributed by atoms with Crippen LogP contribution >= 0.6 is 11.6 Å². The molecule has 0 aliphatic rings. The lowest BCUT2D eigenvalue weighted by atomic mass is 10.2. The average molecular weight is 193 g/mol. The maximum Gasteiger partial charge on any atom is 0.323 e. The molecule has 0 saturated carbocycles. The molecule has 0 unspecified atom stereocenters. The summed E-state index contributed by atoms with van der Waals surface area (Å²) in [6.07, 6.45) is 4.47. The van der Waals surface area contributed by atoms with Gasteiger partial charge in [0.2, 0.25) is 0 Å². The lowest BCUT2D eigenvalue weighted by Gasteiger charge is -2.04. The zero-order valence-corrected chi connectivity index (χ0v) is 8.56. The third-order valence-corrected chi connectivity index (χ3v) is 1.75. The van der Waals surface area contributed by atoms with E-state index < -0.39 is 5.38 Å². The summed E-state index contributed by atoms with van der Waals surface area (Å²) in [6.45, 7) is 4.28. The molecule has 0 N–H and O–H groups in total. The number of esters is 1. The fraction of sp³-hybridized carbons (Fsp3) is 0.889. The van der Waals surface area contributed by atoms with Crippen molar-refractivity contribution in [1.82, 2.24) is 0 Å². The zero-order chi connectivity index (χ0) is 9.40. The Labute approximate surface area is 79.2 Å². The van der Waals surface area contributed by atoms with Gasteiger partial charge in [-0.25, -0.2) is 0 Å². The molecule has 0 saturated heterocycles. The molecule has 12 heavy (non-hydrogen) atoms. The van der Waals surface area contributed by atoms with E-state index >= 15 is 0 Å². The van der Waals surface area contributed by atoms with Crippen LogP contribution in [0.2, 0.25) is 0 Å². The monoisotopic (exact) mass is 192 g/mol. The molecular weight excluding hydrogens is 176 g/mol. The number of rotatable bonds is 6. The van der Waals surface area contributed by atoms with Gasteiger partial charge in [-0.1, -0.05) is 26.2 Å². The number of carbonyl (C=O) groups is 1. The lowest BCUT2D eigenvalue weighted by Crippen LogP contribution is -2.14. The van der Waals surface area contributed by atoms with Gasteiger partial charge in [0.1, 0.15) is 5.38 Å². The molecule has 0 spiro atoms. The quantitative estimate of drug-likeness (QED) is 0.368. The van der Waals surface area contributed by atoms with E-state index in [2.05, 4.69) is 6.92 Å². The number of carbonyl (C=O) groups excluding carboxylic acids is 1. The van der Waals surface area contributed by atoms with Crippen molar-refractivity contribution >= 4 is 17.6 Å². The number of halogens is 1. The second-order valence-corrected chi connectivity index (χ2v) is 3.50. The first-order chi connectivity index (χ1) is 5.68. The molecular formula is C9H17ClO2. The van der Waals surface area contributed by atoms with Gasteiger partial charge in [0.25, 0.3) is 0 Å². The topological polar surface area (TPSA) is 26.3 Å². The van der Waals surface area contributed by atoms with Crippen LogP contribution in [-0.4, -0.2) is 18.0 Å². The summed E-state index contributed by atoms with van der Waals surface area (Å²) in [5, 5.41) is -0.517. The first-order valence-electron chi connectivity index (χ1n) is 4.49. The fourth-order valence-electron chi connectivity index (χ4n) is 0.816. The van der Waals surface area contributed by atoms with Gasteiger partial charge in [0.15, 0.2) is 0 Å². The number of ether oxygens (including phenoxy) is 1. The van der Waals surface area contributed by atoms with Crippen LogP contribution in [0, 0.1) is 0 Å². The van der Waals surface area contributed by atoms with Gasteiger partial charge in [-0.2, -0.15) is 0 Å². The highest BCUT2D eigenvalue weighted by molar-refractivity contribution is 6.29. The highest BCUT2D eigenvalue weighted by Crippen LogP contribution is 2.01. The molecule has 0 rings (SSSR count). The molecule has 0 aromatic heterocycles. The Bertz CT molecular complexity index is 124. The third kappa shape index (κ3) is 6.47. The molecule has 0 heterocycles. The lowest BCUT2D eigenvalue weighted by molar-refractivity contribution is -0.142. The van der Waals surface area contributed by atoms with Gasteiger partial charge in [-0.05, 0) is 13.3 Å². The highest BCUT2D eigenvalue weighted by atomic mass is 35.5. The Hall–Kier alpha value is -0.240. The molecule has 0 fully saturated rings. The van der Waals surface area contributed by atoms with Crippen molar-refractivity contribution in [2.75, 3.05) is 6.61 Å². The Balaban J connectivity index is 3.14. The molecule has 0 aliphatic heterocycles. The van der Waals surface area contributed by atoms with Crippen molar-refractivity contribution in [3.05, 3.63) is 0 Å². The first kappa shape index (κ1) is 11.8. The van der Waals surface area contributed by atoms with Crippen molar-refractivity contribution in [1.29, 1.82) is 0 Å². The summed E-state index contributed by atoms with van der Waals surface area (Å²) in [5.74, 6) is -0.312. The van der Waals surface area contributed by atoms with Gasteiger partial charge in [-0.3, -0.25) is 4.79 Å². The largest absolute Gasteiger partial charge is 0.465 e. The van der Waals surface area contributed by atoms with Gasteiger partial charge in [-0.15, -0.1) is 11.6 Å². The maximum absolute atomic E-state index is 10.8. The summed E-state index contributed by atoms with van der Waals surface area (Å²) >= 11 is 5.49. The van der Waals surface area contributed by atoms with E-state index in [1.807, 2.05) is 0 Å². The van der Waals surface area contributed by atoms with Crippen LogP contribution < -0.4 is 0 Å². The minimum absolute atomic E-state index is 0.312. The molecule has 0 amide bonds. The zero-order valence-electron chi connectivity index (χ0n) is 7.81. The smallest absolute Gasteiger partial charge is 0.323 e. The van der Waals surface area contributed by atoms with E-state index in [1.165, 1.54) is 12.8 Å². The molecule has 0 aromatic carbocycles. The van der Waals surface area contributed by atoms with Gasteiger partial charge < -0.3 is 4.74 Å². The molecule has 72 valence electrons. The minimum atomic E-state index is -0.517. The normalized spacial score (nSPS) is 12.6. The molecule has 0 radical (unpaired) electrons. The summed E-state index contributed by atoms with van der Waals surface area (Å²) in [7, 11) is 0. The second-order valence-electron chi connectivity index (χ2n) is 2.84. The SMILES string of the molecule is CCCCCCOC(=O)[C@H](C)Cl. The minimum Gasteiger partial charge on any atom is -0.465 e. The fourth-order valence-corrected chi connectivity index (χ4v) is 0.879. The van der Waals surface area contributed by atoms with Gasteiger partial charge >= 0.3 is 5.97 Å². The van der Waals surface area contributed by atoms with E-state index in [-0.39, 0.29) is 5.97 Å². The number of alkyl halides is 1. The summed E-state index contributed by atoms with van der Waals surface area (Å²) < 4.78 is 4.88. The number of hydrogen-bond acceptors (Lipinski definition) is 2. The molecule has 2 nitrogen and oxygen atoms in total. The van der Waals surface area contributed by atoms with Crippen LogP contribution in [0.4, 0.5) is 0 Å². The van der Waals surface area contributed by atoms with Gasteiger partial charge in [0.05, 0.1) is 6.61 Å². The Kier molecular flexibility index (Phi) is 7.26. The van der Waals surface area contributed by atoms with Crippen molar-refractivity contribution in [2.24, 2.45) is 0 Å². The molecule has 0 aliphatic carbocycles. The average Bonchev–Trinajstić information content (AvgIpc) is 2.03. The molecule has 0 aromatic rings. The van der Waals surface area contributed by atoms with E-state index in [9.17, 15) is 4.79 Å². The van der Waals surface area contributed by atoms with Crippen molar-refractivity contribution in [3.8, 4) is 0 Å². The number of hydrogen-bond donors (Lipinski definition) is 0. The highest BCUT2D eigenvalue weighted by Gasteiger charge is 2.09. The molecule has 1 atom stereocenters. The van der Waals surface area contributed by atoms with Crippen LogP contribution in [0.25, 0.3) is 0 Å². The van der Waals surface area contributed by atoms with Crippen LogP contribution in [-0.2, 0) is 9.53 Å². The summed E-state index contributed by atoms with van der Waals surface area (Å²) in [4.78, 5) is 10.8. The first-order valence-corrected chi connectivity index (χ1v) is 4.92. The predicted molar refractivity (Wildman–Crippen MR) is 50.4 cm³/mol. The van der Waals surface area contributed by atoms with E-state index in [1.54, 1.807) is 6.92 Å². The molecule has 3 heteroatoms. The summed E-state index contributed by atoms with van der Waals surface area (Å²) in [6, 6.07) is 0. The van der Waals surface area contributed by atoms with Crippen molar-refractivity contribution in [2.45, 2.75) is 44.9 Å². The maximum atomic E-state index is 10.8. The molecule has 0 bridgehead atoms. The van der Waals surface area contributed by atoms with Crippen LogP contribution in [0.5, 0.6) is 0 Å². The Morgan fingerprint density at radius 3 is 2.58 bits per heavy atom. The second kappa shape index (κ2) is 7.41. The van der Waals surface area contributed by atoms with Crippen LogP contribution in [0.15, 0.2) is 0 Å². The number of unbranched alkanes of at least 4 members (excludes halogenated alkanes) is 3. The predicted octanol–water partition coefficient (Wildman–Crippen LogP) is 2.74. The van der Waals surface area contributed by atoms with Gasteiger partial charge in [0, 0.05) is 0 Å². The van der Waals surface area contributed by atoms with Crippen LogP contribution in [0.3, 0.4) is 0 Å². The van der Waals surface area contributed by atoms with Crippen molar-refractivity contribution in [3.63, 3.8) is 0 Å². The van der Waals surface area contributed by atoms with E-state index in [4.69, 9.17) is 16.3 Å². The standard InChI is InChI=1S/C9H17ClO2/c1-3-4-5-6-7-12-9(11)8(2)10/h8H,3-7H2,1-2H3/t8-/m0/s1. The van der Waals surface area contributed by atoms with E-state index in [0.29, 0.717) is 6.61 Å². The third-order valence-electron chi connectivity index (χ3n) is 1.57. The Morgan fingerprint density at radius 2 is 2.08 bits per heavy atom. The van der Waals surface area contributed by atoms with E-state index in [0.717, 1.165) is 12.8 Å².